The Bertz CT molecular complexity index is 323. The summed E-state index contributed by atoms with van der Waals surface area (Å²) in [4.78, 5) is 4.28. The maximum absolute atomic E-state index is 5.39. The molecule has 0 spiro atoms. The Morgan fingerprint density at radius 3 is 3.06 bits per heavy atom. The van der Waals surface area contributed by atoms with Gasteiger partial charge in [0.1, 0.15) is 6.10 Å². The third-order valence-electron chi connectivity index (χ3n) is 2.67. The molecule has 90 valence electrons. The molecule has 1 fully saturated rings. The van der Waals surface area contributed by atoms with Crippen molar-refractivity contribution < 1.29 is 9.26 Å². The highest BCUT2D eigenvalue weighted by atomic mass is 16.5. The molecule has 1 unspecified atom stereocenters. The maximum atomic E-state index is 5.39. The molecule has 1 aliphatic carbocycles. The van der Waals surface area contributed by atoms with E-state index in [1.807, 2.05) is 13.8 Å². The predicted octanol–water partition coefficient (Wildman–Crippen LogP) is 1.67. The van der Waals surface area contributed by atoms with Crippen LogP contribution in [0.25, 0.3) is 0 Å². The van der Waals surface area contributed by atoms with E-state index in [0.717, 1.165) is 12.5 Å². The molecule has 2 rings (SSSR count). The molecule has 1 atom stereocenters. The van der Waals surface area contributed by atoms with Crippen molar-refractivity contribution in [2.75, 3.05) is 13.2 Å². The van der Waals surface area contributed by atoms with Gasteiger partial charge in [0, 0.05) is 6.61 Å². The van der Waals surface area contributed by atoms with E-state index in [-0.39, 0.29) is 6.10 Å². The van der Waals surface area contributed by atoms with Crippen LogP contribution in [-0.2, 0) is 11.3 Å². The third kappa shape index (κ3) is 3.28. The van der Waals surface area contributed by atoms with E-state index in [0.29, 0.717) is 24.9 Å². The summed E-state index contributed by atoms with van der Waals surface area (Å²) in [5, 5.41) is 7.21. The van der Waals surface area contributed by atoms with Gasteiger partial charge in [-0.15, -0.1) is 0 Å². The average molecular weight is 225 g/mol. The average Bonchev–Trinajstić information content (AvgIpc) is 2.95. The van der Waals surface area contributed by atoms with Crippen molar-refractivity contribution >= 4 is 0 Å². The van der Waals surface area contributed by atoms with Crippen molar-refractivity contribution in [3.05, 3.63) is 11.7 Å². The molecule has 0 saturated heterocycles. The number of hydrogen-bond donors (Lipinski definition) is 1. The minimum atomic E-state index is -0.0917. The second-order valence-corrected chi connectivity index (χ2v) is 4.22. The van der Waals surface area contributed by atoms with Gasteiger partial charge >= 0.3 is 0 Å². The standard InChI is InChI=1S/C11H19N3O2/c1-3-15-8(2)11-13-10(16-14-11)7-12-6-9-4-5-9/h8-9,12H,3-7H2,1-2H3. The summed E-state index contributed by atoms with van der Waals surface area (Å²) >= 11 is 0. The molecule has 5 heteroatoms. The lowest BCUT2D eigenvalue weighted by molar-refractivity contribution is 0.0683. The van der Waals surface area contributed by atoms with Crippen LogP contribution in [0.5, 0.6) is 0 Å². The molecule has 1 aliphatic rings. The molecular weight excluding hydrogens is 206 g/mol. The van der Waals surface area contributed by atoms with Gasteiger partial charge in [-0.1, -0.05) is 5.16 Å². The number of aromatic nitrogens is 2. The van der Waals surface area contributed by atoms with Gasteiger partial charge in [-0.25, -0.2) is 0 Å². The second kappa shape index (κ2) is 5.41. The Morgan fingerprint density at radius 2 is 2.38 bits per heavy atom. The molecule has 1 aromatic rings. The first kappa shape index (κ1) is 11.5. The fourth-order valence-corrected chi connectivity index (χ4v) is 1.53. The van der Waals surface area contributed by atoms with E-state index in [9.17, 15) is 0 Å². The van der Waals surface area contributed by atoms with Crippen molar-refractivity contribution in [2.45, 2.75) is 39.3 Å². The third-order valence-corrected chi connectivity index (χ3v) is 2.67. The minimum absolute atomic E-state index is 0.0917. The summed E-state index contributed by atoms with van der Waals surface area (Å²) in [7, 11) is 0. The first-order chi connectivity index (χ1) is 7.79. The molecule has 0 aliphatic heterocycles. The lowest BCUT2D eigenvalue weighted by Gasteiger charge is -2.04. The van der Waals surface area contributed by atoms with E-state index in [2.05, 4.69) is 15.5 Å². The predicted molar refractivity (Wildman–Crippen MR) is 58.8 cm³/mol. The van der Waals surface area contributed by atoms with Crippen LogP contribution in [0.2, 0.25) is 0 Å². The van der Waals surface area contributed by atoms with Crippen molar-refractivity contribution in [1.82, 2.24) is 15.5 Å². The molecule has 1 aromatic heterocycles. The SMILES string of the molecule is CCOC(C)c1noc(CNCC2CC2)n1. The Balaban J connectivity index is 1.76. The van der Waals surface area contributed by atoms with E-state index in [1.54, 1.807) is 0 Å². The summed E-state index contributed by atoms with van der Waals surface area (Å²) in [5.41, 5.74) is 0. The summed E-state index contributed by atoms with van der Waals surface area (Å²) < 4.78 is 10.5. The minimum Gasteiger partial charge on any atom is -0.371 e. The lowest BCUT2D eigenvalue weighted by atomic mass is 10.4. The van der Waals surface area contributed by atoms with Crippen molar-refractivity contribution in [3.63, 3.8) is 0 Å². The molecule has 1 heterocycles. The molecule has 1 saturated carbocycles. The van der Waals surface area contributed by atoms with Crippen LogP contribution >= 0.6 is 0 Å². The number of ether oxygens (including phenoxy) is 1. The van der Waals surface area contributed by atoms with Gasteiger partial charge in [0.15, 0.2) is 5.82 Å². The molecule has 0 amide bonds. The zero-order chi connectivity index (χ0) is 11.4. The van der Waals surface area contributed by atoms with Gasteiger partial charge in [0.2, 0.25) is 5.89 Å². The highest BCUT2D eigenvalue weighted by Crippen LogP contribution is 2.27. The Hall–Kier alpha value is -0.940. The van der Waals surface area contributed by atoms with Gasteiger partial charge in [0.25, 0.3) is 0 Å². The topological polar surface area (TPSA) is 60.2 Å². The van der Waals surface area contributed by atoms with Crippen LogP contribution < -0.4 is 5.32 Å². The van der Waals surface area contributed by atoms with Gasteiger partial charge in [-0.3, -0.25) is 0 Å². The summed E-state index contributed by atoms with van der Waals surface area (Å²) in [5.74, 6) is 2.14. The van der Waals surface area contributed by atoms with E-state index >= 15 is 0 Å². The maximum Gasteiger partial charge on any atom is 0.240 e. The second-order valence-electron chi connectivity index (χ2n) is 4.22. The van der Waals surface area contributed by atoms with Crippen molar-refractivity contribution in [3.8, 4) is 0 Å². The summed E-state index contributed by atoms with van der Waals surface area (Å²) in [6.07, 6.45) is 2.61. The Morgan fingerprint density at radius 1 is 1.56 bits per heavy atom. The van der Waals surface area contributed by atoms with Crippen LogP contribution in [0.3, 0.4) is 0 Å². The normalized spacial score (nSPS) is 17.6. The first-order valence-corrected chi connectivity index (χ1v) is 5.94. The van der Waals surface area contributed by atoms with Crippen LogP contribution in [0.15, 0.2) is 4.52 Å². The molecule has 0 bridgehead atoms. The molecule has 0 radical (unpaired) electrons. The largest absolute Gasteiger partial charge is 0.371 e. The van der Waals surface area contributed by atoms with E-state index in [4.69, 9.17) is 9.26 Å². The smallest absolute Gasteiger partial charge is 0.240 e. The van der Waals surface area contributed by atoms with Gasteiger partial charge in [-0.2, -0.15) is 4.98 Å². The monoisotopic (exact) mass is 225 g/mol. The molecule has 1 N–H and O–H groups in total. The Kier molecular flexibility index (Phi) is 3.90. The van der Waals surface area contributed by atoms with Gasteiger partial charge < -0.3 is 14.6 Å². The van der Waals surface area contributed by atoms with Crippen LogP contribution in [-0.4, -0.2) is 23.3 Å². The van der Waals surface area contributed by atoms with Gasteiger partial charge in [0.05, 0.1) is 6.54 Å². The lowest BCUT2D eigenvalue weighted by Crippen LogP contribution is -2.16. The van der Waals surface area contributed by atoms with Crippen LogP contribution in [0.4, 0.5) is 0 Å². The van der Waals surface area contributed by atoms with Crippen molar-refractivity contribution in [1.29, 1.82) is 0 Å². The molecule has 0 aromatic carbocycles. The van der Waals surface area contributed by atoms with Crippen LogP contribution in [0, 0.1) is 5.92 Å². The number of nitrogens with one attached hydrogen (secondary N) is 1. The zero-order valence-electron chi connectivity index (χ0n) is 9.90. The van der Waals surface area contributed by atoms with Gasteiger partial charge in [-0.05, 0) is 39.2 Å². The number of hydrogen-bond acceptors (Lipinski definition) is 5. The van der Waals surface area contributed by atoms with Crippen LogP contribution in [0.1, 0.15) is 44.5 Å². The fourth-order valence-electron chi connectivity index (χ4n) is 1.53. The quantitative estimate of drug-likeness (QED) is 0.764. The number of nitrogens with zero attached hydrogens (tertiary/aromatic N) is 2. The zero-order valence-corrected chi connectivity index (χ0v) is 9.90. The first-order valence-electron chi connectivity index (χ1n) is 5.94. The highest BCUT2D eigenvalue weighted by Gasteiger charge is 2.20. The summed E-state index contributed by atoms with van der Waals surface area (Å²) in [6, 6.07) is 0. The van der Waals surface area contributed by atoms with E-state index < -0.39 is 0 Å². The number of rotatable bonds is 7. The summed E-state index contributed by atoms with van der Waals surface area (Å²) in [6.45, 7) is 6.25. The molecule has 5 nitrogen and oxygen atoms in total. The fraction of sp³-hybridized carbons (Fsp3) is 0.818. The molecule has 16 heavy (non-hydrogen) atoms. The van der Waals surface area contributed by atoms with E-state index in [1.165, 1.54) is 12.8 Å². The Labute approximate surface area is 95.6 Å². The van der Waals surface area contributed by atoms with Crippen molar-refractivity contribution in [2.24, 2.45) is 5.92 Å². The highest BCUT2D eigenvalue weighted by molar-refractivity contribution is 4.89. The molecular formula is C11H19N3O2.